The summed E-state index contributed by atoms with van der Waals surface area (Å²) in [6.45, 7) is 15.6. The summed E-state index contributed by atoms with van der Waals surface area (Å²) in [7, 11) is 0. The number of piperidine rings is 1. The number of aliphatic imine (C=N–C) groups is 1. The van der Waals surface area contributed by atoms with Crippen LogP contribution < -0.4 is 0 Å². The van der Waals surface area contributed by atoms with Crippen molar-refractivity contribution in [1.29, 1.82) is 0 Å². The van der Waals surface area contributed by atoms with E-state index >= 15 is 0 Å². The summed E-state index contributed by atoms with van der Waals surface area (Å²) in [4.78, 5) is 20.0. The predicted octanol–water partition coefficient (Wildman–Crippen LogP) is 6.25. The lowest BCUT2D eigenvalue weighted by Crippen LogP contribution is -2.50. The maximum absolute atomic E-state index is 14.5. The summed E-state index contributed by atoms with van der Waals surface area (Å²) < 4.78 is 20.4. The predicted molar refractivity (Wildman–Crippen MR) is 137 cm³/mol. The van der Waals surface area contributed by atoms with Crippen molar-refractivity contribution in [3.8, 4) is 0 Å². The van der Waals surface area contributed by atoms with E-state index in [0.29, 0.717) is 30.9 Å². The molecule has 0 bridgehead atoms. The van der Waals surface area contributed by atoms with Gasteiger partial charge in [-0.2, -0.15) is 0 Å². The molecule has 0 radical (unpaired) electrons. The number of carbonyl (C=O) groups is 1. The highest BCUT2D eigenvalue weighted by Gasteiger charge is 2.60. The molecule has 4 fully saturated rings. The Bertz CT molecular complexity index is 763. The van der Waals surface area contributed by atoms with Crippen LogP contribution in [0, 0.1) is 34.5 Å². The van der Waals surface area contributed by atoms with Gasteiger partial charge < -0.3 is 9.64 Å². The normalized spacial score (nSPS) is 42.6. The van der Waals surface area contributed by atoms with Crippen LogP contribution in [0.4, 0.5) is 4.39 Å². The minimum Gasteiger partial charge on any atom is -0.358 e. The van der Waals surface area contributed by atoms with Gasteiger partial charge in [-0.3, -0.25) is 9.79 Å². The standard InChI is InChI=1S/C29H47FN2O2/c1-5-21-18-22(31-20-34-17-16-32-14-8-7-9-15-32)10-12-28(21,3)24-11-13-29(4)25(23(24)6-2)19-26(30)27(29)33/h5,21,23-26H,1,6-20H2,2-4H3. The van der Waals surface area contributed by atoms with E-state index in [4.69, 9.17) is 9.73 Å². The molecule has 3 saturated carbocycles. The van der Waals surface area contributed by atoms with Gasteiger partial charge in [0.25, 0.3) is 0 Å². The third kappa shape index (κ3) is 4.93. The fourth-order valence-electron chi connectivity index (χ4n) is 8.15. The lowest BCUT2D eigenvalue weighted by atomic mass is 9.49. The van der Waals surface area contributed by atoms with Crippen molar-refractivity contribution in [2.75, 3.05) is 33.0 Å². The van der Waals surface area contributed by atoms with Gasteiger partial charge in [-0.25, -0.2) is 4.39 Å². The molecule has 4 rings (SSSR count). The number of ether oxygens (including phenoxy) is 1. The molecule has 192 valence electrons. The Hall–Kier alpha value is -1.07. The number of allylic oxidation sites excluding steroid dienone is 1. The second kappa shape index (κ2) is 10.9. The van der Waals surface area contributed by atoms with Gasteiger partial charge in [-0.05, 0) is 93.5 Å². The molecule has 4 aliphatic rings. The molecule has 1 heterocycles. The number of hydrogen-bond donors (Lipinski definition) is 0. The quantitative estimate of drug-likeness (QED) is 0.308. The van der Waals surface area contributed by atoms with Gasteiger partial charge in [0, 0.05) is 17.7 Å². The first-order valence-electron chi connectivity index (χ1n) is 14.0. The first kappa shape index (κ1) is 26.0. The van der Waals surface area contributed by atoms with E-state index in [1.165, 1.54) is 38.1 Å². The molecule has 34 heavy (non-hydrogen) atoms. The van der Waals surface area contributed by atoms with Gasteiger partial charge in [0.2, 0.25) is 0 Å². The summed E-state index contributed by atoms with van der Waals surface area (Å²) in [6, 6.07) is 0. The first-order valence-corrected chi connectivity index (χ1v) is 14.0. The van der Waals surface area contributed by atoms with Crippen molar-refractivity contribution in [3.05, 3.63) is 12.7 Å². The number of ketones is 1. The Labute approximate surface area is 206 Å². The van der Waals surface area contributed by atoms with E-state index in [9.17, 15) is 9.18 Å². The summed E-state index contributed by atoms with van der Waals surface area (Å²) >= 11 is 0. The van der Waals surface area contributed by atoms with Crippen LogP contribution in [-0.4, -0.2) is 55.5 Å². The fraction of sp³-hybridized carbons (Fsp3) is 0.862. The average molecular weight is 475 g/mol. The maximum Gasteiger partial charge on any atom is 0.173 e. The Morgan fingerprint density at radius 3 is 2.68 bits per heavy atom. The summed E-state index contributed by atoms with van der Waals surface area (Å²) in [5, 5.41) is 0. The van der Waals surface area contributed by atoms with E-state index < -0.39 is 11.6 Å². The van der Waals surface area contributed by atoms with E-state index in [1.54, 1.807) is 0 Å². The number of Topliss-reactive ketones (excluding diaryl/α,β-unsaturated/α-hetero) is 1. The van der Waals surface area contributed by atoms with Gasteiger partial charge in [-0.1, -0.05) is 39.7 Å². The van der Waals surface area contributed by atoms with E-state index in [-0.39, 0.29) is 17.1 Å². The highest BCUT2D eigenvalue weighted by atomic mass is 19.1. The average Bonchev–Trinajstić information content (AvgIpc) is 3.08. The van der Waals surface area contributed by atoms with Gasteiger partial charge in [0.15, 0.2) is 12.0 Å². The minimum atomic E-state index is -1.26. The van der Waals surface area contributed by atoms with E-state index in [2.05, 4.69) is 31.4 Å². The molecule has 3 aliphatic carbocycles. The SMILES string of the molecule is C=CC1CC(=NCOCCN2CCCCC2)CCC1(C)C1CCC2(C)C(=O)C(F)CC2C1CC. The van der Waals surface area contributed by atoms with Gasteiger partial charge in [0.05, 0.1) is 6.61 Å². The molecule has 4 nitrogen and oxygen atoms in total. The highest BCUT2D eigenvalue weighted by Crippen LogP contribution is 2.62. The third-order valence-electron chi connectivity index (χ3n) is 10.4. The molecule has 7 atom stereocenters. The van der Waals surface area contributed by atoms with Gasteiger partial charge in [0.1, 0.15) is 6.73 Å². The Morgan fingerprint density at radius 2 is 1.97 bits per heavy atom. The lowest BCUT2D eigenvalue weighted by molar-refractivity contribution is -0.135. The van der Waals surface area contributed by atoms with Gasteiger partial charge in [-0.15, -0.1) is 6.58 Å². The Kier molecular flexibility index (Phi) is 8.34. The smallest absolute Gasteiger partial charge is 0.173 e. The van der Waals surface area contributed by atoms with Crippen LogP contribution in [0.5, 0.6) is 0 Å². The molecule has 1 aliphatic heterocycles. The maximum atomic E-state index is 14.5. The van der Waals surface area contributed by atoms with Crippen LogP contribution in [0.2, 0.25) is 0 Å². The highest BCUT2D eigenvalue weighted by molar-refractivity contribution is 5.91. The number of fused-ring (bicyclic) bond motifs is 1. The van der Waals surface area contributed by atoms with Crippen molar-refractivity contribution in [2.24, 2.45) is 39.5 Å². The number of halogens is 1. The second-order valence-corrected chi connectivity index (χ2v) is 12.0. The Balaban J connectivity index is 1.35. The number of alkyl halides is 1. The van der Waals surface area contributed by atoms with Crippen LogP contribution in [-0.2, 0) is 9.53 Å². The van der Waals surface area contributed by atoms with E-state index in [1.807, 2.05) is 6.92 Å². The summed E-state index contributed by atoms with van der Waals surface area (Å²) in [5.41, 5.74) is 0.938. The van der Waals surface area contributed by atoms with E-state index in [0.717, 1.165) is 51.7 Å². The molecule has 7 unspecified atom stereocenters. The van der Waals surface area contributed by atoms with Crippen LogP contribution in [0.15, 0.2) is 17.6 Å². The fourth-order valence-corrected chi connectivity index (χ4v) is 8.15. The molecule has 0 amide bonds. The molecule has 0 aromatic carbocycles. The summed E-state index contributed by atoms with van der Waals surface area (Å²) in [5.74, 6) is 1.35. The molecule has 1 saturated heterocycles. The summed E-state index contributed by atoms with van der Waals surface area (Å²) in [6.07, 6.45) is 11.2. The molecule has 0 N–H and O–H groups in total. The molecule has 0 spiro atoms. The minimum absolute atomic E-state index is 0.127. The van der Waals surface area contributed by atoms with Crippen molar-refractivity contribution in [3.63, 3.8) is 0 Å². The molecular formula is C29H47FN2O2. The third-order valence-corrected chi connectivity index (χ3v) is 10.4. The number of rotatable bonds is 8. The van der Waals surface area contributed by atoms with Crippen LogP contribution in [0.25, 0.3) is 0 Å². The number of nitrogens with zero attached hydrogens (tertiary/aromatic N) is 2. The molecular weight excluding hydrogens is 427 g/mol. The van der Waals surface area contributed by atoms with Crippen molar-refractivity contribution >= 4 is 11.5 Å². The number of hydrogen-bond acceptors (Lipinski definition) is 4. The van der Waals surface area contributed by atoms with Crippen LogP contribution >= 0.6 is 0 Å². The second-order valence-electron chi connectivity index (χ2n) is 12.0. The zero-order valence-electron chi connectivity index (χ0n) is 21.9. The molecule has 0 aromatic rings. The monoisotopic (exact) mass is 474 g/mol. The molecule has 0 aromatic heterocycles. The zero-order valence-corrected chi connectivity index (χ0v) is 21.9. The van der Waals surface area contributed by atoms with Crippen molar-refractivity contribution in [1.82, 2.24) is 4.90 Å². The molecule has 5 heteroatoms. The van der Waals surface area contributed by atoms with Crippen LogP contribution in [0.3, 0.4) is 0 Å². The lowest BCUT2D eigenvalue weighted by Gasteiger charge is -2.55. The Morgan fingerprint density at radius 1 is 1.21 bits per heavy atom. The number of likely N-dealkylation sites (tertiary alicyclic amines) is 1. The van der Waals surface area contributed by atoms with Crippen molar-refractivity contribution < 1.29 is 13.9 Å². The zero-order chi connectivity index (χ0) is 24.3. The van der Waals surface area contributed by atoms with Gasteiger partial charge >= 0.3 is 0 Å². The van der Waals surface area contributed by atoms with Crippen LogP contribution in [0.1, 0.15) is 85.0 Å². The number of carbonyl (C=O) groups excluding carboxylic acids is 1. The first-order chi connectivity index (χ1) is 16.3. The van der Waals surface area contributed by atoms with Crippen molar-refractivity contribution in [2.45, 2.75) is 91.2 Å². The topological polar surface area (TPSA) is 41.9 Å². The largest absolute Gasteiger partial charge is 0.358 e.